The van der Waals surface area contributed by atoms with Gasteiger partial charge in [-0.2, -0.15) is 5.10 Å². The molecular formula is C15H17N3O4. The van der Waals surface area contributed by atoms with Gasteiger partial charge in [-0.05, 0) is 38.1 Å². The van der Waals surface area contributed by atoms with E-state index in [9.17, 15) is 9.59 Å². The Kier molecular flexibility index (Phi) is 4.45. The Morgan fingerprint density at radius 3 is 2.45 bits per heavy atom. The van der Waals surface area contributed by atoms with Crippen molar-refractivity contribution in [3.63, 3.8) is 0 Å². The summed E-state index contributed by atoms with van der Waals surface area (Å²) in [4.78, 5) is 23.6. The summed E-state index contributed by atoms with van der Waals surface area (Å²) in [6, 6.07) is 5.59. The van der Waals surface area contributed by atoms with Gasteiger partial charge in [0.1, 0.15) is 5.75 Å². The highest BCUT2D eigenvalue weighted by atomic mass is 16.5. The lowest BCUT2D eigenvalue weighted by molar-refractivity contribution is -0.119. The second-order valence-electron chi connectivity index (χ2n) is 4.84. The molecule has 1 aromatic carbocycles. The Morgan fingerprint density at radius 1 is 1.27 bits per heavy atom. The number of ether oxygens (including phenoxy) is 1. The van der Waals surface area contributed by atoms with E-state index in [4.69, 9.17) is 9.84 Å². The van der Waals surface area contributed by atoms with Crippen LogP contribution in [0, 0.1) is 13.8 Å². The van der Waals surface area contributed by atoms with Crippen molar-refractivity contribution in [1.29, 1.82) is 0 Å². The number of carbonyl (C=O) groups excluding carboxylic acids is 2. The molecule has 2 N–H and O–H groups in total. The van der Waals surface area contributed by atoms with Crippen LogP contribution in [0.4, 0.5) is 5.69 Å². The number of rotatable bonds is 4. The molecule has 0 atom stereocenters. The average molecular weight is 303 g/mol. The van der Waals surface area contributed by atoms with Crippen LogP contribution in [0.1, 0.15) is 21.7 Å². The zero-order valence-electron chi connectivity index (χ0n) is 12.6. The normalized spacial score (nSPS) is 10.3. The lowest BCUT2D eigenvalue weighted by Gasteiger charge is -2.07. The van der Waals surface area contributed by atoms with Gasteiger partial charge in [-0.3, -0.25) is 9.48 Å². The SMILES string of the molecule is Cc1nn(C)c(C)c1NC(=O)COC(=O)c1ccc(O)cc1. The molecule has 0 aliphatic carbocycles. The zero-order chi connectivity index (χ0) is 16.3. The van der Waals surface area contributed by atoms with Crippen molar-refractivity contribution >= 4 is 17.6 Å². The van der Waals surface area contributed by atoms with Crippen LogP contribution in [0.2, 0.25) is 0 Å². The highest BCUT2D eigenvalue weighted by Gasteiger charge is 2.14. The molecule has 7 heteroatoms. The summed E-state index contributed by atoms with van der Waals surface area (Å²) in [6.07, 6.45) is 0. The summed E-state index contributed by atoms with van der Waals surface area (Å²) in [7, 11) is 1.78. The molecule has 0 unspecified atom stereocenters. The number of hydrogen-bond acceptors (Lipinski definition) is 5. The lowest BCUT2D eigenvalue weighted by atomic mass is 10.2. The number of carbonyl (C=O) groups is 2. The number of phenols is 1. The Hall–Kier alpha value is -2.83. The summed E-state index contributed by atoms with van der Waals surface area (Å²) in [6.45, 7) is 3.22. The summed E-state index contributed by atoms with van der Waals surface area (Å²) in [5.74, 6) is -1.02. The molecular weight excluding hydrogens is 286 g/mol. The van der Waals surface area contributed by atoms with Crippen molar-refractivity contribution in [3.05, 3.63) is 41.2 Å². The number of amides is 1. The molecule has 7 nitrogen and oxygen atoms in total. The van der Waals surface area contributed by atoms with Crippen molar-refractivity contribution in [2.75, 3.05) is 11.9 Å². The third-order valence-corrected chi connectivity index (χ3v) is 3.21. The largest absolute Gasteiger partial charge is 0.508 e. The standard InChI is InChI=1S/C15H17N3O4/c1-9-14(10(2)18(3)17-9)16-13(20)8-22-15(21)11-4-6-12(19)7-5-11/h4-7,19H,8H2,1-3H3,(H,16,20). The van der Waals surface area contributed by atoms with Gasteiger partial charge in [0.05, 0.1) is 22.6 Å². The van der Waals surface area contributed by atoms with Crippen LogP contribution in [0.3, 0.4) is 0 Å². The van der Waals surface area contributed by atoms with Crippen LogP contribution >= 0.6 is 0 Å². The molecule has 0 radical (unpaired) electrons. The van der Waals surface area contributed by atoms with Gasteiger partial charge in [0.2, 0.25) is 0 Å². The highest BCUT2D eigenvalue weighted by molar-refractivity contribution is 5.96. The van der Waals surface area contributed by atoms with Gasteiger partial charge < -0.3 is 15.2 Å². The molecule has 0 bridgehead atoms. The molecule has 0 spiro atoms. The van der Waals surface area contributed by atoms with Crippen molar-refractivity contribution in [2.45, 2.75) is 13.8 Å². The minimum atomic E-state index is -0.630. The summed E-state index contributed by atoms with van der Waals surface area (Å²) < 4.78 is 6.59. The first kappa shape index (κ1) is 15.6. The highest BCUT2D eigenvalue weighted by Crippen LogP contribution is 2.18. The summed E-state index contributed by atoms with van der Waals surface area (Å²) in [5, 5.41) is 16.0. The fourth-order valence-electron chi connectivity index (χ4n) is 1.94. The van der Waals surface area contributed by atoms with Crippen molar-refractivity contribution in [2.24, 2.45) is 7.05 Å². The monoisotopic (exact) mass is 303 g/mol. The molecule has 0 saturated heterocycles. The second kappa shape index (κ2) is 6.30. The third kappa shape index (κ3) is 3.43. The summed E-state index contributed by atoms with van der Waals surface area (Å²) >= 11 is 0. The number of hydrogen-bond donors (Lipinski definition) is 2. The van der Waals surface area contributed by atoms with Crippen LogP contribution in [0.15, 0.2) is 24.3 Å². The maximum Gasteiger partial charge on any atom is 0.338 e. The topological polar surface area (TPSA) is 93.5 Å². The predicted octanol–water partition coefficient (Wildman–Crippen LogP) is 1.54. The van der Waals surface area contributed by atoms with Gasteiger partial charge in [0.15, 0.2) is 6.61 Å². The zero-order valence-corrected chi connectivity index (χ0v) is 12.6. The van der Waals surface area contributed by atoms with Crippen LogP contribution in [-0.2, 0) is 16.6 Å². The number of nitrogens with one attached hydrogen (secondary N) is 1. The van der Waals surface area contributed by atoms with E-state index >= 15 is 0 Å². The molecule has 1 amide bonds. The van der Waals surface area contributed by atoms with Gasteiger partial charge in [0, 0.05) is 7.05 Å². The first-order valence-corrected chi connectivity index (χ1v) is 6.64. The van der Waals surface area contributed by atoms with E-state index in [0.717, 1.165) is 5.69 Å². The van der Waals surface area contributed by atoms with Crippen LogP contribution in [0.5, 0.6) is 5.75 Å². The van der Waals surface area contributed by atoms with Crippen molar-refractivity contribution in [1.82, 2.24) is 9.78 Å². The second-order valence-corrected chi connectivity index (χ2v) is 4.84. The van der Waals surface area contributed by atoms with E-state index < -0.39 is 18.5 Å². The number of benzene rings is 1. The molecule has 1 heterocycles. The van der Waals surface area contributed by atoms with Crippen molar-refractivity contribution in [3.8, 4) is 5.75 Å². The van der Waals surface area contributed by atoms with Crippen LogP contribution in [0.25, 0.3) is 0 Å². The van der Waals surface area contributed by atoms with Gasteiger partial charge in [-0.25, -0.2) is 4.79 Å². The number of aromatic hydroxyl groups is 1. The molecule has 0 aliphatic heterocycles. The molecule has 22 heavy (non-hydrogen) atoms. The molecule has 0 saturated carbocycles. The van der Waals surface area contributed by atoms with E-state index in [-0.39, 0.29) is 11.3 Å². The fraction of sp³-hybridized carbons (Fsp3) is 0.267. The number of anilines is 1. The summed E-state index contributed by atoms with van der Waals surface area (Å²) in [5.41, 5.74) is 2.39. The number of aryl methyl sites for hydroxylation is 2. The quantitative estimate of drug-likeness (QED) is 0.836. The van der Waals surface area contributed by atoms with E-state index in [0.29, 0.717) is 11.4 Å². The fourth-order valence-corrected chi connectivity index (χ4v) is 1.94. The number of phenolic OH excluding ortho intramolecular Hbond substituents is 1. The van der Waals surface area contributed by atoms with Gasteiger partial charge in [0.25, 0.3) is 5.91 Å². The number of esters is 1. The molecule has 116 valence electrons. The smallest absolute Gasteiger partial charge is 0.338 e. The Labute approximate surface area is 127 Å². The lowest BCUT2D eigenvalue weighted by Crippen LogP contribution is -2.21. The molecule has 0 aliphatic rings. The first-order valence-electron chi connectivity index (χ1n) is 6.64. The average Bonchev–Trinajstić information content (AvgIpc) is 2.72. The molecule has 2 rings (SSSR count). The van der Waals surface area contributed by atoms with Gasteiger partial charge in [-0.15, -0.1) is 0 Å². The molecule has 1 aromatic heterocycles. The van der Waals surface area contributed by atoms with Crippen LogP contribution in [-0.4, -0.2) is 33.4 Å². The number of nitrogens with zero attached hydrogens (tertiary/aromatic N) is 2. The Balaban J connectivity index is 1.92. The minimum absolute atomic E-state index is 0.0526. The van der Waals surface area contributed by atoms with E-state index in [2.05, 4.69) is 10.4 Å². The maximum atomic E-state index is 11.9. The van der Waals surface area contributed by atoms with Gasteiger partial charge in [-0.1, -0.05) is 0 Å². The molecule has 0 fully saturated rings. The van der Waals surface area contributed by atoms with E-state index in [1.165, 1.54) is 24.3 Å². The third-order valence-electron chi connectivity index (χ3n) is 3.21. The van der Waals surface area contributed by atoms with Gasteiger partial charge >= 0.3 is 5.97 Å². The van der Waals surface area contributed by atoms with E-state index in [1.54, 1.807) is 18.7 Å². The first-order chi connectivity index (χ1) is 10.4. The Bertz CT molecular complexity index is 704. The molecule has 2 aromatic rings. The predicted molar refractivity (Wildman–Crippen MR) is 79.7 cm³/mol. The minimum Gasteiger partial charge on any atom is -0.508 e. The van der Waals surface area contributed by atoms with Crippen LogP contribution < -0.4 is 5.32 Å². The number of aromatic nitrogens is 2. The Morgan fingerprint density at radius 2 is 1.91 bits per heavy atom. The van der Waals surface area contributed by atoms with E-state index in [1.807, 2.05) is 6.92 Å². The maximum absolute atomic E-state index is 11.9. The van der Waals surface area contributed by atoms with Crippen molar-refractivity contribution < 1.29 is 19.4 Å².